The summed E-state index contributed by atoms with van der Waals surface area (Å²) in [7, 11) is 0. The molecule has 1 heterocycles. The van der Waals surface area contributed by atoms with Crippen molar-refractivity contribution in [3.05, 3.63) is 56.8 Å². The molecule has 1 aliphatic rings. The van der Waals surface area contributed by atoms with Gasteiger partial charge in [-0.05, 0) is 16.6 Å². The van der Waals surface area contributed by atoms with Gasteiger partial charge in [0.25, 0.3) is 0 Å². The van der Waals surface area contributed by atoms with E-state index in [0.717, 1.165) is 5.56 Å². The molecule has 1 aromatic carbocycles. The van der Waals surface area contributed by atoms with Crippen molar-refractivity contribution in [3.8, 4) is 0 Å². The number of nitrogens with one attached hydrogen (secondary N) is 2. The van der Waals surface area contributed by atoms with Gasteiger partial charge in [-0.15, -0.1) is 0 Å². The van der Waals surface area contributed by atoms with E-state index in [9.17, 15) is 9.59 Å². The van der Waals surface area contributed by atoms with Gasteiger partial charge in [0.05, 0.1) is 31.3 Å². The SMILES string of the molecule is CC(=O)N[C@@H]1[C@H](OCc2ccccc2)O[C@H](CN=[N+]=[N-])[C@@H](N=[N+]=[N-])[C@H]1NC(C)=O. The predicted octanol–water partition coefficient (Wildman–Crippen LogP) is 1.93. The molecule has 12 heteroatoms. The zero-order chi connectivity index (χ0) is 21.2. The van der Waals surface area contributed by atoms with E-state index in [-0.39, 0.29) is 19.1 Å². The van der Waals surface area contributed by atoms with Gasteiger partial charge in [-0.3, -0.25) is 9.59 Å². The summed E-state index contributed by atoms with van der Waals surface area (Å²) >= 11 is 0. The van der Waals surface area contributed by atoms with Crippen molar-refractivity contribution in [2.45, 2.75) is 51.0 Å². The molecule has 5 atom stereocenters. The zero-order valence-electron chi connectivity index (χ0n) is 16.0. The van der Waals surface area contributed by atoms with E-state index in [4.69, 9.17) is 20.5 Å². The van der Waals surface area contributed by atoms with Crippen molar-refractivity contribution in [1.82, 2.24) is 10.6 Å². The lowest BCUT2D eigenvalue weighted by atomic mass is 9.91. The molecule has 1 aliphatic heterocycles. The van der Waals surface area contributed by atoms with Crippen LogP contribution < -0.4 is 10.6 Å². The first kappa shape index (κ1) is 22.0. The smallest absolute Gasteiger partial charge is 0.217 e. The highest BCUT2D eigenvalue weighted by atomic mass is 16.7. The first-order chi connectivity index (χ1) is 14.0. The average molecular weight is 402 g/mol. The Morgan fingerprint density at radius 3 is 2.34 bits per heavy atom. The first-order valence-corrected chi connectivity index (χ1v) is 8.86. The second-order valence-electron chi connectivity index (χ2n) is 6.40. The maximum atomic E-state index is 11.8. The summed E-state index contributed by atoms with van der Waals surface area (Å²) in [5.41, 5.74) is 18.5. The molecule has 1 fully saturated rings. The van der Waals surface area contributed by atoms with Crippen LogP contribution in [0.5, 0.6) is 0 Å². The Balaban J connectivity index is 2.35. The highest BCUT2D eigenvalue weighted by Crippen LogP contribution is 2.26. The van der Waals surface area contributed by atoms with Crippen molar-refractivity contribution < 1.29 is 19.1 Å². The summed E-state index contributed by atoms with van der Waals surface area (Å²) < 4.78 is 11.8. The molecule has 0 saturated carbocycles. The van der Waals surface area contributed by atoms with Crippen LogP contribution in [0.15, 0.2) is 40.6 Å². The van der Waals surface area contributed by atoms with Crippen molar-refractivity contribution in [2.24, 2.45) is 10.2 Å². The van der Waals surface area contributed by atoms with Crippen molar-refractivity contribution in [3.63, 3.8) is 0 Å². The van der Waals surface area contributed by atoms with Gasteiger partial charge in [-0.2, -0.15) is 0 Å². The summed E-state index contributed by atoms with van der Waals surface area (Å²) in [6.45, 7) is 2.65. The number of nitrogens with zero attached hydrogens (tertiary/aromatic N) is 6. The number of hydrogen-bond acceptors (Lipinski definition) is 6. The fourth-order valence-electron chi connectivity index (χ4n) is 3.12. The molecule has 1 aromatic rings. The lowest BCUT2D eigenvalue weighted by molar-refractivity contribution is -0.222. The summed E-state index contributed by atoms with van der Waals surface area (Å²) in [4.78, 5) is 29.1. The number of azide groups is 2. The van der Waals surface area contributed by atoms with Crippen LogP contribution in [0.4, 0.5) is 0 Å². The number of carbonyl (C=O) groups excluding carboxylic acids is 2. The van der Waals surface area contributed by atoms with E-state index < -0.39 is 36.4 Å². The van der Waals surface area contributed by atoms with Gasteiger partial charge in [0, 0.05) is 23.7 Å². The maximum Gasteiger partial charge on any atom is 0.217 e. The predicted molar refractivity (Wildman–Crippen MR) is 102 cm³/mol. The topological polar surface area (TPSA) is 174 Å². The Bertz CT molecular complexity index is 807. The monoisotopic (exact) mass is 402 g/mol. The molecule has 2 N–H and O–H groups in total. The van der Waals surface area contributed by atoms with Crippen LogP contribution in [-0.4, -0.2) is 48.9 Å². The molecule has 0 unspecified atom stereocenters. The number of rotatable bonds is 8. The molecule has 0 radical (unpaired) electrons. The Morgan fingerprint density at radius 1 is 1.10 bits per heavy atom. The fourth-order valence-corrected chi connectivity index (χ4v) is 3.12. The molecule has 0 aliphatic carbocycles. The highest BCUT2D eigenvalue weighted by molar-refractivity contribution is 5.75. The van der Waals surface area contributed by atoms with Crippen LogP contribution in [0.2, 0.25) is 0 Å². The van der Waals surface area contributed by atoms with E-state index in [2.05, 4.69) is 30.7 Å². The Labute approximate surface area is 166 Å². The minimum absolute atomic E-state index is 0.145. The average Bonchev–Trinajstić information content (AvgIpc) is 2.69. The van der Waals surface area contributed by atoms with Crippen LogP contribution in [-0.2, 0) is 25.7 Å². The first-order valence-electron chi connectivity index (χ1n) is 8.86. The van der Waals surface area contributed by atoms with E-state index in [0.29, 0.717) is 0 Å². The van der Waals surface area contributed by atoms with E-state index in [1.165, 1.54) is 13.8 Å². The van der Waals surface area contributed by atoms with Crippen molar-refractivity contribution >= 4 is 11.8 Å². The molecular formula is C17H22N8O4. The van der Waals surface area contributed by atoms with Crippen LogP contribution in [0.3, 0.4) is 0 Å². The van der Waals surface area contributed by atoms with Crippen LogP contribution >= 0.6 is 0 Å². The minimum Gasteiger partial charge on any atom is -0.351 e. The normalized spacial score (nSPS) is 25.8. The molecule has 0 aromatic heterocycles. The number of benzene rings is 1. The lowest BCUT2D eigenvalue weighted by Crippen LogP contribution is -2.68. The number of amides is 2. The third-order valence-electron chi connectivity index (χ3n) is 4.24. The largest absolute Gasteiger partial charge is 0.351 e. The third kappa shape index (κ3) is 6.37. The third-order valence-corrected chi connectivity index (χ3v) is 4.24. The molecular weight excluding hydrogens is 380 g/mol. The molecule has 0 spiro atoms. The Hall–Kier alpha value is -3.30. The lowest BCUT2D eigenvalue weighted by Gasteiger charge is -2.45. The van der Waals surface area contributed by atoms with E-state index in [1.807, 2.05) is 30.3 Å². The summed E-state index contributed by atoms with van der Waals surface area (Å²) in [6.07, 6.45) is -1.84. The summed E-state index contributed by atoms with van der Waals surface area (Å²) in [5, 5.41) is 12.6. The molecule has 154 valence electrons. The fraction of sp³-hybridized carbons (Fsp3) is 0.529. The molecule has 1 saturated heterocycles. The standard InChI is InChI=1S/C17H22N8O4/c1-10(26)21-15-14(23-25-19)13(8-20-24-18)29-17(16(15)22-11(2)27)28-9-12-6-4-3-5-7-12/h3-7,13-17H,8-9H2,1-2H3,(H,21,26)(H,22,27)/t13-,14-,15-,16+,17-/m1/s1. The van der Waals surface area contributed by atoms with Crippen molar-refractivity contribution in [1.29, 1.82) is 0 Å². The molecule has 2 rings (SSSR count). The molecule has 2 amide bonds. The second kappa shape index (κ2) is 10.9. The van der Waals surface area contributed by atoms with Gasteiger partial charge in [-0.1, -0.05) is 40.6 Å². The van der Waals surface area contributed by atoms with Gasteiger partial charge in [0.1, 0.15) is 6.04 Å². The van der Waals surface area contributed by atoms with Crippen LogP contribution in [0.1, 0.15) is 19.4 Å². The van der Waals surface area contributed by atoms with Gasteiger partial charge < -0.3 is 20.1 Å². The molecule has 29 heavy (non-hydrogen) atoms. The number of ether oxygens (including phenoxy) is 2. The quantitative estimate of drug-likeness (QED) is 0.384. The zero-order valence-corrected chi connectivity index (χ0v) is 16.0. The maximum absolute atomic E-state index is 11.8. The van der Waals surface area contributed by atoms with E-state index >= 15 is 0 Å². The van der Waals surface area contributed by atoms with Gasteiger partial charge in [0.2, 0.25) is 11.8 Å². The van der Waals surface area contributed by atoms with Crippen molar-refractivity contribution in [2.75, 3.05) is 6.54 Å². The molecule has 0 bridgehead atoms. The summed E-state index contributed by atoms with van der Waals surface area (Å²) in [5.74, 6) is -0.773. The molecule has 12 nitrogen and oxygen atoms in total. The number of carbonyl (C=O) groups is 2. The minimum atomic E-state index is -0.986. The van der Waals surface area contributed by atoms with Crippen LogP contribution in [0, 0.1) is 0 Å². The van der Waals surface area contributed by atoms with Gasteiger partial charge in [0.15, 0.2) is 6.29 Å². The van der Waals surface area contributed by atoms with E-state index in [1.54, 1.807) is 0 Å². The summed E-state index contributed by atoms with van der Waals surface area (Å²) in [6, 6.07) is 6.71. The number of hydrogen-bond donors (Lipinski definition) is 2. The van der Waals surface area contributed by atoms with Crippen LogP contribution in [0.25, 0.3) is 20.9 Å². The Morgan fingerprint density at radius 2 is 1.76 bits per heavy atom. The van der Waals surface area contributed by atoms with Gasteiger partial charge >= 0.3 is 0 Å². The highest BCUT2D eigenvalue weighted by Gasteiger charge is 2.46. The second-order valence-corrected chi connectivity index (χ2v) is 6.40. The van der Waals surface area contributed by atoms with Gasteiger partial charge in [-0.25, -0.2) is 0 Å². The Kier molecular flexibility index (Phi) is 8.26.